The molecule has 0 aliphatic rings. The Morgan fingerprint density at radius 3 is 2.64 bits per heavy atom. The van der Waals surface area contributed by atoms with Crippen LogP contribution < -0.4 is 5.32 Å². The number of rotatable bonds is 5. The van der Waals surface area contributed by atoms with Crippen LogP contribution in [-0.2, 0) is 4.74 Å². The molecule has 3 N–H and O–H groups in total. The number of hydrogen-bond donors (Lipinski definition) is 3. The van der Waals surface area contributed by atoms with Gasteiger partial charge in [-0.25, -0.2) is 9.18 Å². The Morgan fingerprint density at radius 2 is 2.05 bits per heavy atom. The van der Waals surface area contributed by atoms with Crippen molar-refractivity contribution in [1.29, 1.82) is 0 Å². The van der Waals surface area contributed by atoms with Gasteiger partial charge >= 0.3 is 6.09 Å². The SMILES string of the molecule is CC(C)(C)OC(=O)NCCC(O)C(O)c1cc(Br)ccc1F. The first kappa shape index (κ1) is 18.9. The lowest BCUT2D eigenvalue weighted by Gasteiger charge is -2.21. The standard InChI is InChI=1S/C15H21BrFNO4/c1-15(2,3)22-14(21)18-7-6-12(19)13(20)10-8-9(16)4-5-11(10)17/h4-5,8,12-13,19-20H,6-7H2,1-3H3,(H,18,21). The number of halogens is 2. The van der Waals surface area contributed by atoms with Crippen LogP contribution in [0.25, 0.3) is 0 Å². The molecule has 0 saturated heterocycles. The molecule has 0 aromatic heterocycles. The fourth-order valence-electron chi connectivity index (χ4n) is 1.74. The van der Waals surface area contributed by atoms with Crippen LogP contribution in [0.4, 0.5) is 9.18 Å². The fourth-order valence-corrected chi connectivity index (χ4v) is 2.12. The van der Waals surface area contributed by atoms with Crippen molar-refractivity contribution < 1.29 is 24.1 Å². The second-order valence-corrected chi connectivity index (χ2v) is 6.81. The van der Waals surface area contributed by atoms with Crippen molar-refractivity contribution in [2.24, 2.45) is 0 Å². The minimum absolute atomic E-state index is 0.000793. The van der Waals surface area contributed by atoms with E-state index in [4.69, 9.17) is 4.74 Å². The number of amides is 1. The number of hydrogen-bond acceptors (Lipinski definition) is 4. The van der Waals surface area contributed by atoms with E-state index in [1.807, 2.05) is 0 Å². The Bertz CT molecular complexity index is 519. The van der Waals surface area contributed by atoms with Crippen molar-refractivity contribution in [3.63, 3.8) is 0 Å². The minimum Gasteiger partial charge on any atom is -0.444 e. The van der Waals surface area contributed by atoms with Gasteiger partial charge in [0.15, 0.2) is 0 Å². The summed E-state index contributed by atoms with van der Waals surface area (Å²) in [5.41, 5.74) is -0.610. The molecule has 0 saturated carbocycles. The summed E-state index contributed by atoms with van der Waals surface area (Å²) < 4.78 is 19.3. The highest BCUT2D eigenvalue weighted by Gasteiger charge is 2.22. The predicted octanol–water partition coefficient (Wildman–Crippen LogP) is 2.90. The monoisotopic (exact) mass is 377 g/mol. The molecule has 0 radical (unpaired) electrons. The first-order chi connectivity index (χ1) is 10.1. The molecule has 5 nitrogen and oxygen atoms in total. The van der Waals surface area contributed by atoms with E-state index in [0.29, 0.717) is 4.47 Å². The number of benzene rings is 1. The van der Waals surface area contributed by atoms with Crippen LogP contribution in [0.1, 0.15) is 38.9 Å². The van der Waals surface area contributed by atoms with Crippen LogP contribution in [0.3, 0.4) is 0 Å². The average molecular weight is 378 g/mol. The first-order valence-corrected chi connectivity index (χ1v) is 7.67. The van der Waals surface area contributed by atoms with Crippen LogP contribution in [0.2, 0.25) is 0 Å². The molecule has 0 aliphatic carbocycles. The second-order valence-electron chi connectivity index (χ2n) is 5.90. The summed E-state index contributed by atoms with van der Waals surface area (Å²) >= 11 is 3.18. The van der Waals surface area contributed by atoms with Gasteiger partial charge in [-0.15, -0.1) is 0 Å². The Hall–Kier alpha value is -1.18. The lowest BCUT2D eigenvalue weighted by molar-refractivity contribution is 0.0103. The van der Waals surface area contributed by atoms with Crippen molar-refractivity contribution in [3.8, 4) is 0 Å². The maximum Gasteiger partial charge on any atom is 0.407 e. The molecule has 1 rings (SSSR count). The molecule has 0 aliphatic heterocycles. The van der Waals surface area contributed by atoms with Crippen LogP contribution in [0.5, 0.6) is 0 Å². The third-order valence-corrected chi connectivity index (χ3v) is 3.24. The van der Waals surface area contributed by atoms with Crippen LogP contribution in [-0.4, -0.2) is 34.6 Å². The molecule has 124 valence electrons. The number of aliphatic hydroxyl groups is 2. The Morgan fingerprint density at radius 1 is 1.41 bits per heavy atom. The normalized spacial score (nSPS) is 14.3. The third-order valence-electron chi connectivity index (χ3n) is 2.75. The third kappa shape index (κ3) is 6.29. The van der Waals surface area contributed by atoms with E-state index >= 15 is 0 Å². The largest absolute Gasteiger partial charge is 0.444 e. The van der Waals surface area contributed by atoms with E-state index < -0.39 is 29.7 Å². The van der Waals surface area contributed by atoms with Crippen LogP contribution in [0, 0.1) is 5.82 Å². The summed E-state index contributed by atoms with van der Waals surface area (Å²) in [6, 6.07) is 4.11. The summed E-state index contributed by atoms with van der Waals surface area (Å²) in [4.78, 5) is 11.4. The van der Waals surface area contributed by atoms with Crippen molar-refractivity contribution in [2.45, 2.75) is 45.0 Å². The molecule has 0 spiro atoms. The molecule has 0 fully saturated rings. The van der Waals surface area contributed by atoms with E-state index in [0.717, 1.165) is 0 Å². The van der Waals surface area contributed by atoms with Crippen LogP contribution >= 0.6 is 15.9 Å². The Kier molecular flexibility index (Phi) is 6.77. The van der Waals surface area contributed by atoms with Gasteiger partial charge < -0.3 is 20.3 Å². The minimum atomic E-state index is -1.38. The fraction of sp³-hybridized carbons (Fsp3) is 0.533. The number of ether oxygens (including phenoxy) is 1. The lowest BCUT2D eigenvalue weighted by atomic mass is 10.0. The van der Waals surface area contributed by atoms with Gasteiger partial charge in [0, 0.05) is 16.6 Å². The van der Waals surface area contributed by atoms with E-state index in [2.05, 4.69) is 21.2 Å². The van der Waals surface area contributed by atoms with Gasteiger partial charge in [-0.1, -0.05) is 15.9 Å². The van der Waals surface area contributed by atoms with Crippen molar-refractivity contribution in [3.05, 3.63) is 34.1 Å². The Balaban J connectivity index is 2.50. The zero-order valence-corrected chi connectivity index (χ0v) is 14.4. The van der Waals surface area contributed by atoms with Crippen LogP contribution in [0.15, 0.2) is 22.7 Å². The number of alkyl carbamates (subject to hydrolysis) is 1. The van der Waals surface area contributed by atoms with Gasteiger partial charge in [0.05, 0.1) is 6.10 Å². The number of aliphatic hydroxyl groups excluding tert-OH is 2. The van der Waals surface area contributed by atoms with Gasteiger partial charge in [0.25, 0.3) is 0 Å². The molecule has 2 unspecified atom stereocenters. The molecule has 0 heterocycles. The van der Waals surface area contributed by atoms with E-state index in [-0.39, 0.29) is 18.5 Å². The zero-order chi connectivity index (χ0) is 16.9. The second kappa shape index (κ2) is 7.89. The topological polar surface area (TPSA) is 78.8 Å². The predicted molar refractivity (Wildman–Crippen MR) is 83.9 cm³/mol. The molecule has 22 heavy (non-hydrogen) atoms. The molecular formula is C15H21BrFNO4. The van der Waals surface area contributed by atoms with Gasteiger partial charge in [-0.05, 0) is 45.4 Å². The van der Waals surface area contributed by atoms with Gasteiger partial charge in [-0.2, -0.15) is 0 Å². The highest BCUT2D eigenvalue weighted by Crippen LogP contribution is 2.25. The Labute approximate surface area is 137 Å². The first-order valence-electron chi connectivity index (χ1n) is 6.88. The van der Waals surface area contributed by atoms with Gasteiger partial charge in [-0.3, -0.25) is 0 Å². The summed E-state index contributed by atoms with van der Waals surface area (Å²) in [7, 11) is 0. The average Bonchev–Trinajstić information content (AvgIpc) is 2.38. The van der Waals surface area contributed by atoms with Crippen molar-refractivity contribution >= 4 is 22.0 Å². The van der Waals surface area contributed by atoms with E-state index in [1.165, 1.54) is 18.2 Å². The van der Waals surface area contributed by atoms with E-state index in [9.17, 15) is 19.4 Å². The molecule has 0 bridgehead atoms. The lowest BCUT2D eigenvalue weighted by Crippen LogP contribution is -2.34. The number of carbonyl (C=O) groups is 1. The summed E-state index contributed by atoms with van der Waals surface area (Å²) in [6.07, 6.45) is -3.13. The molecule has 1 aromatic carbocycles. The quantitative estimate of drug-likeness (QED) is 0.736. The molecular weight excluding hydrogens is 357 g/mol. The maximum atomic E-state index is 13.6. The smallest absolute Gasteiger partial charge is 0.407 e. The number of carbonyl (C=O) groups excluding carboxylic acids is 1. The van der Waals surface area contributed by atoms with Gasteiger partial charge in [0.1, 0.15) is 17.5 Å². The molecule has 1 amide bonds. The highest BCUT2D eigenvalue weighted by atomic mass is 79.9. The number of nitrogens with one attached hydrogen (secondary N) is 1. The summed E-state index contributed by atoms with van der Waals surface area (Å²) in [5.74, 6) is -0.602. The van der Waals surface area contributed by atoms with Crippen molar-refractivity contribution in [1.82, 2.24) is 5.32 Å². The molecule has 7 heteroatoms. The zero-order valence-electron chi connectivity index (χ0n) is 12.8. The summed E-state index contributed by atoms with van der Waals surface area (Å²) in [6.45, 7) is 5.31. The van der Waals surface area contributed by atoms with Gasteiger partial charge in [0.2, 0.25) is 0 Å². The molecule has 2 atom stereocenters. The van der Waals surface area contributed by atoms with E-state index in [1.54, 1.807) is 20.8 Å². The maximum absolute atomic E-state index is 13.6. The highest BCUT2D eigenvalue weighted by molar-refractivity contribution is 9.10. The summed E-state index contributed by atoms with van der Waals surface area (Å²) in [5, 5.41) is 22.4. The molecule has 1 aromatic rings. The van der Waals surface area contributed by atoms with Crippen molar-refractivity contribution in [2.75, 3.05) is 6.54 Å².